The number of hydrogen-bond donors (Lipinski definition) is 3. The standard InChI is InChI=1S/C15H25N3O/c1-10(2)5-4-6-11(3)18-15(19)13-8-7-12(16)9-14(13)17/h7-11H,4-6,16-17H2,1-3H3,(H,18,19). The number of carbonyl (C=O) groups is 1. The van der Waals surface area contributed by atoms with Gasteiger partial charge in [0, 0.05) is 17.4 Å². The van der Waals surface area contributed by atoms with Gasteiger partial charge in [0.1, 0.15) is 0 Å². The van der Waals surface area contributed by atoms with Crippen LogP contribution in [-0.2, 0) is 0 Å². The van der Waals surface area contributed by atoms with Crippen LogP contribution in [0.5, 0.6) is 0 Å². The van der Waals surface area contributed by atoms with Crippen molar-refractivity contribution in [1.29, 1.82) is 0 Å². The maximum absolute atomic E-state index is 12.1. The van der Waals surface area contributed by atoms with Crippen molar-refractivity contribution in [3.63, 3.8) is 0 Å². The molecule has 5 N–H and O–H groups in total. The molecule has 106 valence electrons. The van der Waals surface area contributed by atoms with Crippen molar-refractivity contribution in [2.75, 3.05) is 11.5 Å². The monoisotopic (exact) mass is 263 g/mol. The molecule has 1 aromatic carbocycles. The van der Waals surface area contributed by atoms with Gasteiger partial charge < -0.3 is 16.8 Å². The number of nitrogen functional groups attached to an aromatic ring is 2. The van der Waals surface area contributed by atoms with E-state index in [1.807, 2.05) is 6.92 Å². The Balaban J connectivity index is 2.50. The average Bonchev–Trinajstić information content (AvgIpc) is 2.27. The van der Waals surface area contributed by atoms with Gasteiger partial charge in [-0.3, -0.25) is 4.79 Å². The molecule has 0 aliphatic heterocycles. The van der Waals surface area contributed by atoms with Crippen molar-refractivity contribution in [3.05, 3.63) is 23.8 Å². The topological polar surface area (TPSA) is 81.1 Å². The first-order valence-electron chi connectivity index (χ1n) is 6.86. The number of carbonyl (C=O) groups excluding carboxylic acids is 1. The van der Waals surface area contributed by atoms with Crippen LogP contribution < -0.4 is 16.8 Å². The molecular weight excluding hydrogens is 238 g/mol. The van der Waals surface area contributed by atoms with Gasteiger partial charge in [0.15, 0.2) is 0 Å². The lowest BCUT2D eigenvalue weighted by Gasteiger charge is -2.15. The van der Waals surface area contributed by atoms with E-state index in [-0.39, 0.29) is 11.9 Å². The summed E-state index contributed by atoms with van der Waals surface area (Å²) in [5.74, 6) is 0.574. The Morgan fingerprint density at radius 2 is 1.89 bits per heavy atom. The molecule has 0 fully saturated rings. The summed E-state index contributed by atoms with van der Waals surface area (Å²) in [5, 5.41) is 2.97. The van der Waals surface area contributed by atoms with E-state index in [0.717, 1.165) is 12.8 Å². The number of benzene rings is 1. The Kier molecular flexibility index (Phi) is 5.67. The summed E-state index contributed by atoms with van der Waals surface area (Å²) in [6.45, 7) is 6.43. The summed E-state index contributed by atoms with van der Waals surface area (Å²) in [5.41, 5.74) is 12.9. The van der Waals surface area contributed by atoms with Gasteiger partial charge in [-0.1, -0.05) is 26.7 Å². The molecule has 0 heterocycles. The maximum atomic E-state index is 12.1. The summed E-state index contributed by atoms with van der Waals surface area (Å²) >= 11 is 0. The van der Waals surface area contributed by atoms with E-state index in [1.165, 1.54) is 6.42 Å². The molecule has 19 heavy (non-hydrogen) atoms. The minimum atomic E-state index is -0.130. The number of nitrogens with two attached hydrogens (primary N) is 2. The van der Waals surface area contributed by atoms with Gasteiger partial charge in [-0.15, -0.1) is 0 Å². The van der Waals surface area contributed by atoms with Gasteiger partial charge in [-0.25, -0.2) is 0 Å². The molecule has 0 spiro atoms. The van der Waals surface area contributed by atoms with E-state index in [2.05, 4.69) is 19.2 Å². The molecule has 1 unspecified atom stereocenters. The normalized spacial score (nSPS) is 12.4. The lowest BCUT2D eigenvalue weighted by atomic mass is 10.0. The molecule has 1 aromatic rings. The van der Waals surface area contributed by atoms with Crippen molar-refractivity contribution in [3.8, 4) is 0 Å². The second kappa shape index (κ2) is 7.02. The van der Waals surface area contributed by atoms with Crippen molar-refractivity contribution in [2.24, 2.45) is 5.92 Å². The third-order valence-corrected chi connectivity index (χ3v) is 3.12. The molecule has 0 aliphatic carbocycles. The molecule has 1 amide bonds. The van der Waals surface area contributed by atoms with Gasteiger partial charge in [0.2, 0.25) is 0 Å². The number of anilines is 2. The van der Waals surface area contributed by atoms with Gasteiger partial charge in [-0.2, -0.15) is 0 Å². The van der Waals surface area contributed by atoms with Crippen molar-refractivity contribution in [2.45, 2.75) is 46.1 Å². The second-order valence-corrected chi connectivity index (χ2v) is 5.55. The molecule has 4 nitrogen and oxygen atoms in total. The lowest BCUT2D eigenvalue weighted by Crippen LogP contribution is -2.33. The molecular formula is C15H25N3O. The van der Waals surface area contributed by atoms with Gasteiger partial charge >= 0.3 is 0 Å². The molecule has 0 bridgehead atoms. The SMILES string of the molecule is CC(C)CCCC(C)NC(=O)c1ccc(N)cc1N. The van der Waals surface area contributed by atoms with E-state index < -0.39 is 0 Å². The third-order valence-electron chi connectivity index (χ3n) is 3.12. The highest BCUT2D eigenvalue weighted by Gasteiger charge is 2.12. The quantitative estimate of drug-likeness (QED) is 0.690. The zero-order chi connectivity index (χ0) is 14.4. The Labute approximate surface area is 115 Å². The first-order chi connectivity index (χ1) is 8.90. The van der Waals surface area contributed by atoms with E-state index in [1.54, 1.807) is 18.2 Å². The Morgan fingerprint density at radius 3 is 2.47 bits per heavy atom. The predicted molar refractivity (Wildman–Crippen MR) is 80.9 cm³/mol. The van der Waals surface area contributed by atoms with Crippen molar-refractivity contribution in [1.82, 2.24) is 5.32 Å². The molecule has 0 aliphatic rings. The van der Waals surface area contributed by atoms with Crippen LogP contribution in [0.2, 0.25) is 0 Å². The Morgan fingerprint density at radius 1 is 1.21 bits per heavy atom. The van der Waals surface area contributed by atoms with Gasteiger partial charge in [0.25, 0.3) is 5.91 Å². The van der Waals surface area contributed by atoms with E-state index in [9.17, 15) is 4.79 Å². The van der Waals surface area contributed by atoms with Crippen LogP contribution in [0, 0.1) is 5.92 Å². The average molecular weight is 263 g/mol. The first kappa shape index (κ1) is 15.3. The van der Waals surface area contributed by atoms with Crippen molar-refractivity contribution < 1.29 is 4.79 Å². The minimum Gasteiger partial charge on any atom is -0.399 e. The highest BCUT2D eigenvalue weighted by Crippen LogP contribution is 2.16. The van der Waals surface area contributed by atoms with Crippen LogP contribution in [-0.4, -0.2) is 11.9 Å². The van der Waals surface area contributed by atoms with Crippen LogP contribution in [0.15, 0.2) is 18.2 Å². The lowest BCUT2D eigenvalue weighted by molar-refractivity contribution is 0.0938. The van der Waals surface area contributed by atoms with Crippen LogP contribution in [0.25, 0.3) is 0 Å². The predicted octanol–water partition coefficient (Wildman–Crippen LogP) is 2.80. The Bertz CT molecular complexity index is 429. The molecule has 4 heteroatoms. The summed E-state index contributed by atoms with van der Waals surface area (Å²) in [6.07, 6.45) is 3.29. The number of hydrogen-bond acceptors (Lipinski definition) is 3. The molecule has 0 aromatic heterocycles. The number of amides is 1. The van der Waals surface area contributed by atoms with Crippen LogP contribution in [0.4, 0.5) is 11.4 Å². The largest absolute Gasteiger partial charge is 0.399 e. The van der Waals surface area contributed by atoms with Crippen LogP contribution in [0.1, 0.15) is 50.4 Å². The highest BCUT2D eigenvalue weighted by atomic mass is 16.1. The summed E-state index contributed by atoms with van der Waals surface area (Å²) in [6, 6.07) is 5.12. The fraction of sp³-hybridized carbons (Fsp3) is 0.533. The highest BCUT2D eigenvalue weighted by molar-refractivity contribution is 5.99. The molecule has 1 atom stereocenters. The number of rotatable bonds is 6. The smallest absolute Gasteiger partial charge is 0.253 e. The third kappa shape index (κ3) is 5.20. The zero-order valence-corrected chi connectivity index (χ0v) is 12.1. The Hall–Kier alpha value is -1.71. The number of nitrogens with one attached hydrogen (secondary N) is 1. The summed E-state index contributed by atoms with van der Waals surface area (Å²) < 4.78 is 0. The van der Waals surface area contributed by atoms with E-state index in [0.29, 0.717) is 22.9 Å². The van der Waals surface area contributed by atoms with Crippen molar-refractivity contribution >= 4 is 17.3 Å². The van der Waals surface area contributed by atoms with E-state index in [4.69, 9.17) is 11.5 Å². The maximum Gasteiger partial charge on any atom is 0.253 e. The molecule has 0 saturated heterocycles. The first-order valence-corrected chi connectivity index (χ1v) is 6.86. The van der Waals surface area contributed by atoms with Crippen LogP contribution >= 0.6 is 0 Å². The molecule has 1 rings (SSSR count). The summed E-state index contributed by atoms with van der Waals surface area (Å²) in [7, 11) is 0. The van der Waals surface area contributed by atoms with E-state index >= 15 is 0 Å². The minimum absolute atomic E-state index is 0.130. The second-order valence-electron chi connectivity index (χ2n) is 5.55. The van der Waals surface area contributed by atoms with Gasteiger partial charge in [0.05, 0.1) is 5.56 Å². The summed E-state index contributed by atoms with van der Waals surface area (Å²) in [4.78, 5) is 12.1. The zero-order valence-electron chi connectivity index (χ0n) is 12.1. The molecule has 0 saturated carbocycles. The fourth-order valence-electron chi connectivity index (χ4n) is 1.99. The van der Waals surface area contributed by atoms with Gasteiger partial charge in [-0.05, 0) is 37.5 Å². The molecule has 0 radical (unpaired) electrons. The fourth-order valence-corrected chi connectivity index (χ4v) is 1.99. The van der Waals surface area contributed by atoms with Crippen LogP contribution in [0.3, 0.4) is 0 Å².